The van der Waals surface area contributed by atoms with Crippen LogP contribution < -0.4 is 4.90 Å². The van der Waals surface area contributed by atoms with Crippen LogP contribution >= 0.6 is 0 Å². The normalized spacial score (nSPS) is 13.0. The Kier molecular flexibility index (Phi) is 5.55. The molecule has 0 aliphatic heterocycles. The van der Waals surface area contributed by atoms with E-state index in [0.29, 0.717) is 0 Å². The van der Waals surface area contributed by atoms with Crippen molar-refractivity contribution in [3.63, 3.8) is 0 Å². The van der Waals surface area contributed by atoms with Gasteiger partial charge in [0.25, 0.3) is 0 Å². The third-order valence-corrected chi connectivity index (χ3v) is 4.54. The Morgan fingerprint density at radius 3 is 2.29 bits per heavy atom. The first-order valence-electron chi connectivity index (χ1n) is 8.13. The smallest absolute Gasteiger partial charge is 0.213 e. The first kappa shape index (κ1) is 17.9. The molecule has 0 aliphatic rings. The highest BCUT2D eigenvalue weighted by Crippen LogP contribution is 2.35. The molecule has 3 heteroatoms. The third-order valence-electron chi connectivity index (χ3n) is 4.54. The Hall–Kier alpha value is -2.42. The molecule has 0 amide bonds. The second kappa shape index (κ2) is 7.43. The summed E-state index contributed by atoms with van der Waals surface area (Å²) >= 11 is 0. The average Bonchev–Trinajstić information content (AvgIpc) is 2.60. The van der Waals surface area contributed by atoms with E-state index in [1.807, 2.05) is 92.8 Å². The zero-order chi connectivity index (χ0) is 17.7. The molecule has 0 bridgehead atoms. The number of nitrogens with zero attached hydrogens (tertiary/aromatic N) is 2. The lowest BCUT2D eigenvalue weighted by Gasteiger charge is -2.27. The quantitative estimate of drug-likeness (QED) is 0.518. The van der Waals surface area contributed by atoms with Crippen LogP contribution in [0.1, 0.15) is 26.3 Å². The molecule has 0 radical (unpaired) electrons. The minimum Gasteiger partial charge on any atom is -0.346 e. The fourth-order valence-corrected chi connectivity index (χ4v) is 2.49. The van der Waals surface area contributed by atoms with Crippen molar-refractivity contribution in [1.29, 1.82) is 0 Å². The maximum Gasteiger partial charge on any atom is 0.213 e. The highest BCUT2D eigenvalue weighted by atomic mass is 19.1. The van der Waals surface area contributed by atoms with Crippen LogP contribution in [-0.4, -0.2) is 24.5 Å². The third kappa shape index (κ3) is 3.91. The van der Waals surface area contributed by atoms with Crippen molar-refractivity contribution in [3.05, 3.63) is 72.6 Å². The summed E-state index contributed by atoms with van der Waals surface area (Å²) in [5, 5.41) is 0. The maximum absolute atomic E-state index is 14.1. The molecule has 1 atom stereocenters. The number of alkyl halides is 1. The van der Waals surface area contributed by atoms with E-state index in [-0.39, 0.29) is 0 Å². The topological polar surface area (TPSA) is 6.25 Å². The van der Waals surface area contributed by atoms with Crippen molar-refractivity contribution in [1.82, 2.24) is 0 Å². The summed E-state index contributed by atoms with van der Waals surface area (Å²) in [7, 11) is 1.99. The number of hydrogen-bond donors (Lipinski definition) is 0. The van der Waals surface area contributed by atoms with Gasteiger partial charge in [0.2, 0.25) is 5.69 Å². The summed E-state index contributed by atoms with van der Waals surface area (Å²) in [5.74, 6) is 0. The van der Waals surface area contributed by atoms with E-state index in [0.717, 1.165) is 16.9 Å². The van der Waals surface area contributed by atoms with Gasteiger partial charge in [-0.1, -0.05) is 50.2 Å². The maximum atomic E-state index is 14.1. The number of rotatable bonds is 6. The molecule has 2 rings (SSSR count). The molecule has 2 nitrogen and oxygen atoms in total. The Balaban J connectivity index is 2.26. The molecule has 0 heterocycles. The molecule has 2 aromatic rings. The van der Waals surface area contributed by atoms with Crippen molar-refractivity contribution in [2.24, 2.45) is 0 Å². The van der Waals surface area contributed by atoms with Gasteiger partial charge >= 0.3 is 0 Å². The van der Waals surface area contributed by atoms with Crippen LogP contribution in [0.2, 0.25) is 0 Å². The van der Waals surface area contributed by atoms with Crippen LogP contribution in [0.3, 0.4) is 0 Å². The summed E-state index contributed by atoms with van der Waals surface area (Å²) in [6.45, 7) is 9.55. The molecule has 0 saturated carbocycles. The van der Waals surface area contributed by atoms with Gasteiger partial charge in [-0.25, -0.2) is 4.39 Å². The summed E-state index contributed by atoms with van der Waals surface area (Å²) in [6, 6.07) is 17.9. The molecule has 126 valence electrons. The Bertz CT molecular complexity index is 718. The highest BCUT2D eigenvalue weighted by Gasteiger charge is 2.33. The summed E-state index contributed by atoms with van der Waals surface area (Å²) in [5.41, 5.74) is 2.37. The van der Waals surface area contributed by atoms with Crippen molar-refractivity contribution in [3.8, 4) is 0 Å². The average molecular weight is 325 g/mol. The van der Waals surface area contributed by atoms with Crippen molar-refractivity contribution in [2.45, 2.75) is 32.4 Å². The number of benzene rings is 2. The molecule has 2 aromatic carbocycles. The van der Waals surface area contributed by atoms with Gasteiger partial charge in [-0.05, 0) is 19.1 Å². The van der Waals surface area contributed by atoms with E-state index in [2.05, 4.69) is 6.72 Å². The fourth-order valence-electron chi connectivity index (χ4n) is 2.49. The Labute approximate surface area is 144 Å². The van der Waals surface area contributed by atoms with E-state index in [1.54, 1.807) is 11.5 Å². The largest absolute Gasteiger partial charge is 0.346 e. The van der Waals surface area contributed by atoms with Gasteiger partial charge in [0, 0.05) is 29.8 Å². The minimum atomic E-state index is -0.956. The standard InChI is InChI=1S/C21H26FN2/c1-17(22)21(2,3)19-13-9-10-14-20(19)24(5)16-15-23(4)18-11-7-6-8-12-18/h6-17H,5H2,1-4H3/q+1/b16-15-/t17-/m1/s1. The van der Waals surface area contributed by atoms with Gasteiger partial charge in [0.1, 0.15) is 12.9 Å². The van der Waals surface area contributed by atoms with Crippen LogP contribution in [0.5, 0.6) is 0 Å². The van der Waals surface area contributed by atoms with Crippen LogP contribution in [0.15, 0.2) is 67.0 Å². The van der Waals surface area contributed by atoms with E-state index < -0.39 is 11.6 Å². The molecule has 0 aliphatic carbocycles. The minimum absolute atomic E-state index is 0.578. The fraction of sp³-hybridized carbons (Fsp3) is 0.286. The number of hydrogen-bond acceptors (Lipinski definition) is 1. The van der Waals surface area contributed by atoms with E-state index in [4.69, 9.17) is 0 Å². The number of anilines is 1. The molecule has 0 fully saturated rings. The van der Waals surface area contributed by atoms with E-state index >= 15 is 0 Å². The van der Waals surface area contributed by atoms with Gasteiger partial charge < -0.3 is 4.90 Å². The predicted octanol–water partition coefficient (Wildman–Crippen LogP) is 5.27. The number of halogens is 1. The first-order chi connectivity index (χ1) is 11.3. The van der Waals surface area contributed by atoms with E-state index in [1.165, 1.54) is 0 Å². The van der Waals surface area contributed by atoms with Crippen LogP contribution in [0, 0.1) is 0 Å². The highest BCUT2D eigenvalue weighted by molar-refractivity contribution is 5.49. The lowest BCUT2D eigenvalue weighted by Crippen LogP contribution is -2.28. The molecule has 0 spiro atoms. The second-order valence-electron chi connectivity index (χ2n) is 6.57. The van der Waals surface area contributed by atoms with Crippen LogP contribution in [0.4, 0.5) is 15.8 Å². The molecular formula is C21H26FN2+. The van der Waals surface area contributed by atoms with Gasteiger partial charge in [0.05, 0.1) is 6.20 Å². The lowest BCUT2D eigenvalue weighted by atomic mass is 9.80. The van der Waals surface area contributed by atoms with Crippen LogP contribution in [-0.2, 0) is 5.41 Å². The van der Waals surface area contributed by atoms with Gasteiger partial charge in [-0.15, -0.1) is 0 Å². The van der Waals surface area contributed by atoms with Gasteiger partial charge in [0.15, 0.2) is 6.20 Å². The summed E-state index contributed by atoms with van der Waals surface area (Å²) in [4.78, 5) is 2.02. The molecule has 0 saturated heterocycles. The first-order valence-corrected chi connectivity index (χ1v) is 8.13. The van der Waals surface area contributed by atoms with Gasteiger partial charge in [-0.2, -0.15) is 4.58 Å². The summed E-state index contributed by atoms with van der Waals surface area (Å²) in [6.07, 6.45) is 2.89. The molecular weight excluding hydrogens is 299 g/mol. The van der Waals surface area contributed by atoms with E-state index in [9.17, 15) is 4.39 Å². The molecule has 24 heavy (non-hydrogen) atoms. The van der Waals surface area contributed by atoms with Crippen molar-refractivity contribution < 1.29 is 8.97 Å². The Morgan fingerprint density at radius 2 is 1.67 bits per heavy atom. The molecule has 0 aromatic heterocycles. The zero-order valence-corrected chi connectivity index (χ0v) is 14.9. The Morgan fingerprint density at radius 1 is 1.08 bits per heavy atom. The van der Waals surface area contributed by atoms with Crippen LogP contribution in [0.25, 0.3) is 0 Å². The molecule has 0 N–H and O–H groups in total. The second-order valence-corrected chi connectivity index (χ2v) is 6.57. The summed E-state index contributed by atoms with van der Waals surface area (Å²) < 4.78 is 15.9. The van der Waals surface area contributed by atoms with Gasteiger partial charge in [-0.3, -0.25) is 0 Å². The van der Waals surface area contributed by atoms with Crippen molar-refractivity contribution in [2.75, 3.05) is 11.9 Å². The molecule has 0 unspecified atom stereocenters. The predicted molar refractivity (Wildman–Crippen MR) is 101 cm³/mol. The van der Waals surface area contributed by atoms with Crippen molar-refractivity contribution >= 4 is 18.1 Å². The lowest BCUT2D eigenvalue weighted by molar-refractivity contribution is -0.351. The zero-order valence-electron chi connectivity index (χ0n) is 14.9. The SMILES string of the molecule is C=[N+](/C=C\N(C)c1ccccc1)c1ccccc1C(C)(C)[C@@H](C)F. The monoisotopic (exact) mass is 325 g/mol. The number of para-hydroxylation sites is 2.